The first-order valence-corrected chi connectivity index (χ1v) is 10.1. The van der Waals surface area contributed by atoms with Crippen LogP contribution in [0.25, 0.3) is 21.8 Å². The zero-order valence-corrected chi connectivity index (χ0v) is 16.9. The van der Waals surface area contributed by atoms with Gasteiger partial charge < -0.3 is 4.52 Å². The van der Waals surface area contributed by atoms with E-state index in [1.165, 1.54) is 23.5 Å². The SMILES string of the molecule is O=C(CCc1nc(-c2ccncc2)no1)NNC(=O)c1ccc(-c2ccc(F)cc2)s1. The summed E-state index contributed by atoms with van der Waals surface area (Å²) in [4.78, 5) is 33.7. The summed E-state index contributed by atoms with van der Waals surface area (Å²) in [6, 6.07) is 12.9. The van der Waals surface area contributed by atoms with E-state index in [4.69, 9.17) is 4.52 Å². The highest BCUT2D eigenvalue weighted by Crippen LogP contribution is 2.28. The van der Waals surface area contributed by atoms with E-state index in [0.717, 1.165) is 16.0 Å². The highest BCUT2D eigenvalue weighted by Gasteiger charge is 2.13. The summed E-state index contributed by atoms with van der Waals surface area (Å²) in [6.07, 6.45) is 3.53. The number of nitrogens with zero attached hydrogens (tertiary/aromatic N) is 3. The van der Waals surface area contributed by atoms with Crippen LogP contribution in [0.5, 0.6) is 0 Å². The van der Waals surface area contributed by atoms with Gasteiger partial charge in [0.15, 0.2) is 0 Å². The zero-order chi connectivity index (χ0) is 21.6. The second kappa shape index (κ2) is 9.26. The monoisotopic (exact) mass is 437 g/mol. The van der Waals surface area contributed by atoms with E-state index in [1.807, 2.05) is 0 Å². The zero-order valence-electron chi connectivity index (χ0n) is 16.0. The second-order valence-corrected chi connectivity index (χ2v) is 7.50. The number of benzene rings is 1. The van der Waals surface area contributed by atoms with Gasteiger partial charge in [-0.3, -0.25) is 25.4 Å². The maximum absolute atomic E-state index is 13.0. The van der Waals surface area contributed by atoms with Gasteiger partial charge in [0.05, 0.1) is 4.88 Å². The summed E-state index contributed by atoms with van der Waals surface area (Å²) < 4.78 is 18.2. The molecule has 0 radical (unpaired) electrons. The van der Waals surface area contributed by atoms with E-state index in [0.29, 0.717) is 16.6 Å². The van der Waals surface area contributed by atoms with Crippen molar-refractivity contribution in [3.05, 3.63) is 77.5 Å². The van der Waals surface area contributed by atoms with Crippen molar-refractivity contribution >= 4 is 23.2 Å². The number of carbonyl (C=O) groups excluding carboxylic acids is 2. The third kappa shape index (κ3) is 5.17. The molecular weight excluding hydrogens is 421 g/mol. The fraction of sp³-hybridized carbons (Fsp3) is 0.0952. The maximum Gasteiger partial charge on any atom is 0.279 e. The van der Waals surface area contributed by atoms with Gasteiger partial charge in [-0.25, -0.2) is 4.39 Å². The van der Waals surface area contributed by atoms with Crippen LogP contribution < -0.4 is 10.9 Å². The van der Waals surface area contributed by atoms with Gasteiger partial charge in [-0.2, -0.15) is 4.98 Å². The first kappa shape index (κ1) is 20.4. The average Bonchev–Trinajstić information content (AvgIpc) is 3.47. The van der Waals surface area contributed by atoms with Crippen molar-refractivity contribution in [2.45, 2.75) is 12.8 Å². The van der Waals surface area contributed by atoms with Crippen molar-refractivity contribution < 1.29 is 18.5 Å². The van der Waals surface area contributed by atoms with E-state index in [1.54, 1.807) is 48.8 Å². The number of halogens is 1. The number of hydrogen-bond acceptors (Lipinski definition) is 7. The molecule has 8 nitrogen and oxygen atoms in total. The van der Waals surface area contributed by atoms with Gasteiger partial charge >= 0.3 is 0 Å². The van der Waals surface area contributed by atoms with Crippen molar-refractivity contribution in [1.29, 1.82) is 0 Å². The number of pyridine rings is 1. The topological polar surface area (TPSA) is 110 Å². The number of amides is 2. The number of aryl methyl sites for hydroxylation is 1. The summed E-state index contributed by atoms with van der Waals surface area (Å²) in [7, 11) is 0. The summed E-state index contributed by atoms with van der Waals surface area (Å²) in [5.74, 6) is -0.428. The van der Waals surface area contributed by atoms with Crippen LogP contribution in [0.1, 0.15) is 22.0 Å². The van der Waals surface area contributed by atoms with E-state index >= 15 is 0 Å². The Balaban J connectivity index is 1.26. The molecule has 3 aromatic heterocycles. The molecule has 31 heavy (non-hydrogen) atoms. The lowest BCUT2D eigenvalue weighted by atomic mass is 10.2. The fourth-order valence-electron chi connectivity index (χ4n) is 2.67. The molecule has 2 amide bonds. The van der Waals surface area contributed by atoms with E-state index in [-0.39, 0.29) is 18.7 Å². The minimum Gasteiger partial charge on any atom is -0.339 e. The van der Waals surface area contributed by atoms with Crippen LogP contribution >= 0.6 is 11.3 Å². The lowest BCUT2D eigenvalue weighted by Crippen LogP contribution is -2.41. The Bertz CT molecular complexity index is 1190. The van der Waals surface area contributed by atoms with Gasteiger partial charge in [-0.15, -0.1) is 11.3 Å². The highest BCUT2D eigenvalue weighted by atomic mass is 32.1. The second-order valence-electron chi connectivity index (χ2n) is 6.42. The number of hydrazine groups is 1. The first-order valence-electron chi connectivity index (χ1n) is 9.26. The van der Waals surface area contributed by atoms with Crippen LogP contribution in [0.15, 0.2) is 65.4 Å². The minimum atomic E-state index is -0.440. The fourth-order valence-corrected chi connectivity index (χ4v) is 3.58. The van der Waals surface area contributed by atoms with E-state index < -0.39 is 11.8 Å². The molecule has 4 aromatic rings. The standard InChI is InChI=1S/C21H16FN5O3S/c22-15-3-1-13(2-4-15)16-5-6-17(31-16)21(29)26-25-18(28)7-8-19-24-20(27-30-19)14-9-11-23-12-10-14/h1-6,9-12H,7-8H2,(H,25,28)(H,26,29). The number of carbonyl (C=O) groups is 2. The molecule has 4 rings (SSSR count). The molecule has 10 heteroatoms. The van der Waals surface area contributed by atoms with E-state index in [9.17, 15) is 14.0 Å². The molecule has 0 aliphatic heterocycles. The van der Waals surface area contributed by atoms with Crippen molar-refractivity contribution in [1.82, 2.24) is 26.0 Å². The number of rotatable bonds is 6. The van der Waals surface area contributed by atoms with Crippen LogP contribution in [0.3, 0.4) is 0 Å². The summed E-state index contributed by atoms with van der Waals surface area (Å²) >= 11 is 1.24. The maximum atomic E-state index is 13.0. The normalized spacial score (nSPS) is 10.6. The van der Waals surface area contributed by atoms with Gasteiger partial charge in [-0.05, 0) is 42.0 Å². The van der Waals surface area contributed by atoms with Crippen LogP contribution in [0.4, 0.5) is 4.39 Å². The molecule has 0 aliphatic carbocycles. The van der Waals surface area contributed by atoms with Crippen LogP contribution in [-0.4, -0.2) is 26.9 Å². The highest BCUT2D eigenvalue weighted by molar-refractivity contribution is 7.17. The van der Waals surface area contributed by atoms with Crippen LogP contribution in [0, 0.1) is 5.82 Å². The molecule has 0 spiro atoms. The molecule has 0 bridgehead atoms. The van der Waals surface area contributed by atoms with E-state index in [2.05, 4.69) is 26.0 Å². The molecule has 2 N–H and O–H groups in total. The predicted molar refractivity (Wildman–Crippen MR) is 111 cm³/mol. The quantitative estimate of drug-likeness (QED) is 0.448. The molecule has 0 unspecified atom stereocenters. The molecular formula is C21H16FN5O3S. The molecule has 0 saturated heterocycles. The number of aromatic nitrogens is 3. The Morgan fingerprint density at radius 2 is 1.74 bits per heavy atom. The minimum absolute atomic E-state index is 0.0591. The van der Waals surface area contributed by atoms with Gasteiger partial charge in [0.25, 0.3) is 5.91 Å². The van der Waals surface area contributed by atoms with Gasteiger partial charge in [0.1, 0.15) is 5.82 Å². The molecule has 156 valence electrons. The molecule has 0 atom stereocenters. The van der Waals surface area contributed by atoms with Crippen molar-refractivity contribution in [3.8, 4) is 21.8 Å². The summed E-state index contributed by atoms with van der Waals surface area (Å²) in [6.45, 7) is 0. The van der Waals surface area contributed by atoms with Gasteiger partial charge in [0, 0.05) is 35.7 Å². The number of thiophene rings is 1. The lowest BCUT2D eigenvalue weighted by molar-refractivity contribution is -0.121. The Kier molecular flexibility index (Phi) is 6.08. The summed E-state index contributed by atoms with van der Waals surface area (Å²) in [5.41, 5.74) is 6.31. The average molecular weight is 437 g/mol. The smallest absolute Gasteiger partial charge is 0.279 e. The Morgan fingerprint density at radius 1 is 0.968 bits per heavy atom. The van der Waals surface area contributed by atoms with Gasteiger partial charge in [-0.1, -0.05) is 17.3 Å². The Labute approximate surface area is 180 Å². The van der Waals surface area contributed by atoms with Crippen molar-refractivity contribution in [2.75, 3.05) is 0 Å². The largest absolute Gasteiger partial charge is 0.339 e. The first-order chi connectivity index (χ1) is 15.1. The Hall–Kier alpha value is -3.92. The lowest BCUT2D eigenvalue weighted by Gasteiger charge is -2.05. The predicted octanol–water partition coefficient (Wildman–Crippen LogP) is 3.39. The molecule has 0 saturated carbocycles. The van der Waals surface area contributed by atoms with Crippen molar-refractivity contribution in [2.24, 2.45) is 0 Å². The molecule has 1 aromatic carbocycles. The molecule has 0 fully saturated rings. The third-order valence-corrected chi connectivity index (χ3v) is 5.38. The molecule has 3 heterocycles. The summed E-state index contributed by atoms with van der Waals surface area (Å²) in [5, 5.41) is 3.88. The van der Waals surface area contributed by atoms with Gasteiger partial charge in [0.2, 0.25) is 17.6 Å². The number of nitrogens with one attached hydrogen (secondary N) is 2. The third-order valence-electron chi connectivity index (χ3n) is 4.25. The Morgan fingerprint density at radius 3 is 2.52 bits per heavy atom. The van der Waals surface area contributed by atoms with Crippen LogP contribution in [-0.2, 0) is 11.2 Å². The van der Waals surface area contributed by atoms with Crippen molar-refractivity contribution in [3.63, 3.8) is 0 Å². The van der Waals surface area contributed by atoms with Crippen LogP contribution in [0.2, 0.25) is 0 Å². The number of hydrogen-bond donors (Lipinski definition) is 2. The molecule has 0 aliphatic rings.